The molecule has 7 nitrogen and oxygen atoms in total. The molecule has 0 radical (unpaired) electrons. The molecule has 1 aliphatic rings. The van der Waals surface area contributed by atoms with Gasteiger partial charge in [0.2, 0.25) is 0 Å². The number of pyridine rings is 2. The van der Waals surface area contributed by atoms with Gasteiger partial charge in [0.1, 0.15) is 12.4 Å². The van der Waals surface area contributed by atoms with Gasteiger partial charge in [-0.15, -0.1) is 0 Å². The van der Waals surface area contributed by atoms with E-state index in [4.69, 9.17) is 4.74 Å². The standard InChI is InChI=1S/C30H35F3N4O3Si/c1-20-9-12-35(29(39)21-7-5-6-8-24(21)30(31,32)33)18-25(20)37-14-11-26(38)23-17-34-28-22(27(23)37)10-13-36(28)19-40-15-16-41(2,3)4/h5-8,10-11,13-14,17,20,25H,9,12,15-16,18-19H2,1-4H3/t20-,25+/m1/s1. The summed E-state index contributed by atoms with van der Waals surface area (Å²) >= 11 is 0. The maximum atomic E-state index is 13.7. The number of likely N-dealkylation sites (tertiary alicyclic amines) is 1. The van der Waals surface area contributed by atoms with E-state index in [1.807, 2.05) is 21.4 Å². The minimum absolute atomic E-state index is 0.109. The van der Waals surface area contributed by atoms with Crippen molar-refractivity contribution in [1.29, 1.82) is 0 Å². The van der Waals surface area contributed by atoms with E-state index in [0.29, 0.717) is 42.9 Å². The molecule has 0 spiro atoms. The summed E-state index contributed by atoms with van der Waals surface area (Å²) in [5, 5.41) is 1.24. The topological polar surface area (TPSA) is 69.4 Å². The minimum Gasteiger partial charge on any atom is -0.361 e. The van der Waals surface area contributed by atoms with Crippen LogP contribution >= 0.6 is 0 Å². The summed E-state index contributed by atoms with van der Waals surface area (Å²) in [4.78, 5) is 32.4. The molecule has 1 saturated heterocycles. The SMILES string of the molecule is C[C@@H]1CCN(C(=O)c2ccccc2C(F)(F)F)C[C@@H]1n1ccc(=O)c2cnc3c(ccn3COCC[Si](C)(C)C)c21. The average molecular weight is 585 g/mol. The van der Waals surface area contributed by atoms with Crippen LogP contribution in [0.1, 0.15) is 35.3 Å². The van der Waals surface area contributed by atoms with Gasteiger partial charge >= 0.3 is 6.18 Å². The fraction of sp³-hybridized carbons (Fsp3) is 0.433. The number of hydrogen-bond donors (Lipinski definition) is 0. The average Bonchev–Trinajstić information content (AvgIpc) is 3.34. The van der Waals surface area contributed by atoms with Crippen LogP contribution in [0.4, 0.5) is 13.2 Å². The molecule has 4 aromatic rings. The fourth-order valence-electron chi connectivity index (χ4n) is 5.50. The second-order valence-electron chi connectivity index (χ2n) is 12.1. The number of hydrogen-bond acceptors (Lipinski definition) is 4. The molecule has 0 aliphatic carbocycles. The summed E-state index contributed by atoms with van der Waals surface area (Å²) < 4.78 is 50.9. The number of carbonyl (C=O) groups excluding carboxylic acids is 1. The molecule has 0 saturated carbocycles. The molecule has 2 atom stereocenters. The van der Waals surface area contributed by atoms with Crippen molar-refractivity contribution in [3.8, 4) is 0 Å². The molecule has 1 aromatic carbocycles. The largest absolute Gasteiger partial charge is 0.417 e. The summed E-state index contributed by atoms with van der Waals surface area (Å²) in [5.41, 5.74) is -0.0724. The summed E-state index contributed by atoms with van der Waals surface area (Å²) in [6.45, 7) is 10.5. The highest BCUT2D eigenvalue weighted by Crippen LogP contribution is 2.36. The predicted molar refractivity (Wildman–Crippen MR) is 156 cm³/mol. The lowest BCUT2D eigenvalue weighted by atomic mass is 9.91. The molecule has 0 unspecified atom stereocenters. The zero-order valence-corrected chi connectivity index (χ0v) is 24.7. The van der Waals surface area contributed by atoms with Crippen LogP contribution in [0.5, 0.6) is 0 Å². The van der Waals surface area contributed by atoms with Gasteiger partial charge in [-0.1, -0.05) is 38.7 Å². The third kappa shape index (κ3) is 5.96. The van der Waals surface area contributed by atoms with Crippen molar-refractivity contribution in [3.63, 3.8) is 0 Å². The molecular formula is C30H35F3N4O3Si. The maximum absolute atomic E-state index is 13.7. The lowest BCUT2D eigenvalue weighted by molar-refractivity contribution is -0.138. The molecule has 0 N–H and O–H groups in total. The molecule has 41 heavy (non-hydrogen) atoms. The van der Waals surface area contributed by atoms with E-state index in [1.54, 1.807) is 12.4 Å². The summed E-state index contributed by atoms with van der Waals surface area (Å²) in [5.74, 6) is -0.536. The Morgan fingerprint density at radius 3 is 2.59 bits per heavy atom. The quantitative estimate of drug-likeness (QED) is 0.186. The third-order valence-electron chi connectivity index (χ3n) is 7.92. The van der Waals surface area contributed by atoms with E-state index in [0.717, 1.165) is 17.5 Å². The number of alkyl halides is 3. The maximum Gasteiger partial charge on any atom is 0.417 e. The van der Waals surface area contributed by atoms with Crippen molar-refractivity contribution in [1.82, 2.24) is 19.0 Å². The van der Waals surface area contributed by atoms with E-state index >= 15 is 0 Å². The van der Waals surface area contributed by atoms with Crippen molar-refractivity contribution < 1.29 is 22.7 Å². The molecule has 0 bridgehead atoms. The van der Waals surface area contributed by atoms with Gasteiger partial charge in [0.05, 0.1) is 28.1 Å². The second kappa shape index (κ2) is 11.1. The van der Waals surface area contributed by atoms with E-state index in [1.165, 1.54) is 29.2 Å². The first kappa shape index (κ1) is 29.1. The van der Waals surface area contributed by atoms with Crippen LogP contribution in [0.3, 0.4) is 0 Å². The van der Waals surface area contributed by atoms with Crippen molar-refractivity contribution >= 4 is 35.9 Å². The van der Waals surface area contributed by atoms with Gasteiger partial charge in [-0.05, 0) is 36.6 Å². The van der Waals surface area contributed by atoms with Gasteiger partial charge in [0.15, 0.2) is 5.43 Å². The lowest BCUT2D eigenvalue weighted by Gasteiger charge is -2.39. The number of rotatable bonds is 7. The Kier molecular flexibility index (Phi) is 7.86. The van der Waals surface area contributed by atoms with Gasteiger partial charge in [-0.2, -0.15) is 13.2 Å². The molecule has 5 rings (SSSR count). The Hall–Kier alpha value is -3.44. The van der Waals surface area contributed by atoms with E-state index in [2.05, 4.69) is 31.5 Å². The number of benzene rings is 1. The zero-order chi connectivity index (χ0) is 29.5. The summed E-state index contributed by atoms with van der Waals surface area (Å²) in [7, 11) is -1.23. The lowest BCUT2D eigenvalue weighted by Crippen LogP contribution is -2.44. The molecule has 1 aliphatic heterocycles. The first-order valence-corrected chi connectivity index (χ1v) is 17.6. The number of aromatic nitrogens is 3. The Bertz CT molecular complexity index is 1640. The Morgan fingerprint density at radius 2 is 1.85 bits per heavy atom. The first-order chi connectivity index (χ1) is 19.3. The second-order valence-corrected chi connectivity index (χ2v) is 17.7. The number of halogens is 3. The van der Waals surface area contributed by atoms with Crippen LogP contribution in [0, 0.1) is 5.92 Å². The number of amides is 1. The highest BCUT2D eigenvalue weighted by atomic mass is 28.3. The Labute approximate surface area is 237 Å². The fourth-order valence-corrected chi connectivity index (χ4v) is 6.26. The van der Waals surface area contributed by atoms with Crippen molar-refractivity contribution in [2.75, 3.05) is 19.7 Å². The van der Waals surface area contributed by atoms with E-state index in [-0.39, 0.29) is 29.5 Å². The van der Waals surface area contributed by atoms with Crippen LogP contribution in [0.15, 0.2) is 59.8 Å². The predicted octanol–water partition coefficient (Wildman–Crippen LogP) is 6.41. The van der Waals surface area contributed by atoms with Gasteiger partial charge < -0.3 is 18.8 Å². The van der Waals surface area contributed by atoms with Crippen molar-refractivity contribution in [3.05, 3.63) is 76.3 Å². The zero-order valence-electron chi connectivity index (χ0n) is 23.7. The molecular weight excluding hydrogens is 549 g/mol. The van der Waals surface area contributed by atoms with E-state index in [9.17, 15) is 22.8 Å². The highest BCUT2D eigenvalue weighted by molar-refractivity contribution is 6.76. The molecule has 3 aromatic heterocycles. The van der Waals surface area contributed by atoms with Crippen LogP contribution in [-0.4, -0.2) is 52.7 Å². The molecule has 4 heterocycles. The minimum atomic E-state index is -4.63. The monoisotopic (exact) mass is 584 g/mol. The third-order valence-corrected chi connectivity index (χ3v) is 9.63. The number of carbonyl (C=O) groups is 1. The van der Waals surface area contributed by atoms with Gasteiger partial charge in [-0.25, -0.2) is 4.98 Å². The summed E-state index contributed by atoms with van der Waals surface area (Å²) in [6.07, 6.45) is 1.17. The number of piperidine rings is 1. The van der Waals surface area contributed by atoms with Crippen LogP contribution in [0.25, 0.3) is 21.9 Å². The Balaban J connectivity index is 1.49. The molecule has 11 heteroatoms. The normalized spacial score (nSPS) is 18.4. The molecule has 1 fully saturated rings. The number of nitrogens with zero attached hydrogens (tertiary/aromatic N) is 4. The van der Waals surface area contributed by atoms with Gasteiger partial charge in [0, 0.05) is 57.8 Å². The first-order valence-electron chi connectivity index (χ1n) is 13.9. The number of fused-ring (bicyclic) bond motifs is 3. The van der Waals surface area contributed by atoms with Crippen LogP contribution in [0.2, 0.25) is 25.7 Å². The van der Waals surface area contributed by atoms with Gasteiger partial charge in [0.25, 0.3) is 5.91 Å². The van der Waals surface area contributed by atoms with Crippen LogP contribution < -0.4 is 5.43 Å². The van der Waals surface area contributed by atoms with Crippen molar-refractivity contribution in [2.24, 2.45) is 5.92 Å². The molecule has 1 amide bonds. The number of ether oxygens (including phenoxy) is 1. The molecule has 218 valence electrons. The highest BCUT2D eigenvalue weighted by Gasteiger charge is 2.38. The summed E-state index contributed by atoms with van der Waals surface area (Å²) in [6, 6.07) is 9.10. The Morgan fingerprint density at radius 1 is 1.10 bits per heavy atom. The smallest absolute Gasteiger partial charge is 0.361 e. The van der Waals surface area contributed by atoms with Crippen molar-refractivity contribution in [2.45, 2.75) is 58.0 Å². The van der Waals surface area contributed by atoms with E-state index < -0.39 is 25.7 Å². The van der Waals surface area contributed by atoms with Crippen LogP contribution in [-0.2, 0) is 17.6 Å². The van der Waals surface area contributed by atoms with Gasteiger partial charge in [-0.3, -0.25) is 9.59 Å².